The van der Waals surface area contributed by atoms with Crippen LogP contribution in [0.25, 0.3) is 0 Å². The van der Waals surface area contributed by atoms with Gasteiger partial charge in [0.1, 0.15) is 0 Å². The number of nitrogens with one attached hydrogen (secondary N) is 1. The highest BCUT2D eigenvalue weighted by Crippen LogP contribution is 2.40. The minimum absolute atomic E-state index is 0.379. The lowest BCUT2D eigenvalue weighted by Gasteiger charge is -2.32. The number of hydrogen-bond acceptors (Lipinski definition) is 3. The molecule has 0 radical (unpaired) electrons. The SMILES string of the molecule is O=C(O)c1cccc(CN2CCC(CNC3CC3c3ccccc3)CC2)c1. The summed E-state index contributed by atoms with van der Waals surface area (Å²) in [6.07, 6.45) is 3.70. The number of carboxylic acids is 1. The van der Waals surface area contributed by atoms with Crippen LogP contribution in [0.3, 0.4) is 0 Å². The lowest BCUT2D eigenvalue weighted by molar-refractivity contribution is 0.0696. The van der Waals surface area contributed by atoms with Crippen molar-refractivity contribution in [3.05, 3.63) is 71.3 Å². The number of carbonyl (C=O) groups is 1. The Labute approximate surface area is 161 Å². The van der Waals surface area contributed by atoms with E-state index >= 15 is 0 Å². The van der Waals surface area contributed by atoms with Crippen LogP contribution in [0.15, 0.2) is 54.6 Å². The zero-order valence-electron chi connectivity index (χ0n) is 15.7. The molecule has 4 rings (SSSR count). The van der Waals surface area contributed by atoms with Gasteiger partial charge in [-0.25, -0.2) is 4.79 Å². The molecule has 2 fully saturated rings. The van der Waals surface area contributed by atoms with Crippen LogP contribution in [0, 0.1) is 5.92 Å². The van der Waals surface area contributed by atoms with Gasteiger partial charge in [-0.05, 0) is 68.1 Å². The molecule has 142 valence electrons. The second-order valence-corrected chi connectivity index (χ2v) is 7.99. The summed E-state index contributed by atoms with van der Waals surface area (Å²) >= 11 is 0. The molecule has 4 nitrogen and oxygen atoms in total. The van der Waals surface area contributed by atoms with E-state index in [0.717, 1.165) is 37.7 Å². The molecule has 1 aliphatic heterocycles. The topological polar surface area (TPSA) is 52.6 Å². The van der Waals surface area contributed by atoms with Gasteiger partial charge in [-0.3, -0.25) is 4.90 Å². The molecule has 4 heteroatoms. The summed E-state index contributed by atoms with van der Waals surface area (Å²) in [6.45, 7) is 4.16. The average molecular weight is 364 g/mol. The molecule has 1 aliphatic carbocycles. The highest BCUT2D eigenvalue weighted by molar-refractivity contribution is 5.87. The Bertz CT molecular complexity index is 769. The molecule has 2 aromatic carbocycles. The van der Waals surface area contributed by atoms with Crippen molar-refractivity contribution in [3.63, 3.8) is 0 Å². The molecular weight excluding hydrogens is 336 g/mol. The molecule has 1 heterocycles. The summed E-state index contributed by atoms with van der Waals surface area (Å²) in [7, 11) is 0. The van der Waals surface area contributed by atoms with Crippen LogP contribution in [0.4, 0.5) is 0 Å². The number of rotatable bonds is 7. The van der Waals surface area contributed by atoms with Crippen LogP contribution >= 0.6 is 0 Å². The number of piperidine rings is 1. The van der Waals surface area contributed by atoms with Crippen LogP contribution in [0.5, 0.6) is 0 Å². The molecule has 1 saturated carbocycles. The fraction of sp³-hybridized carbons (Fsp3) is 0.435. The average Bonchev–Trinajstić information content (AvgIpc) is 3.48. The largest absolute Gasteiger partial charge is 0.478 e. The van der Waals surface area contributed by atoms with E-state index in [9.17, 15) is 4.79 Å². The maximum atomic E-state index is 11.1. The monoisotopic (exact) mass is 364 g/mol. The fourth-order valence-corrected chi connectivity index (χ4v) is 4.22. The Morgan fingerprint density at radius 2 is 1.85 bits per heavy atom. The second kappa shape index (κ2) is 8.24. The van der Waals surface area contributed by atoms with Gasteiger partial charge in [0.15, 0.2) is 0 Å². The van der Waals surface area contributed by atoms with Gasteiger partial charge in [0, 0.05) is 18.5 Å². The van der Waals surface area contributed by atoms with E-state index in [1.165, 1.54) is 24.8 Å². The van der Waals surface area contributed by atoms with Gasteiger partial charge in [-0.1, -0.05) is 42.5 Å². The molecule has 2 aromatic rings. The molecule has 1 saturated heterocycles. The van der Waals surface area contributed by atoms with Gasteiger partial charge in [0.25, 0.3) is 0 Å². The number of hydrogen-bond donors (Lipinski definition) is 2. The van der Waals surface area contributed by atoms with Gasteiger partial charge in [-0.15, -0.1) is 0 Å². The van der Waals surface area contributed by atoms with E-state index in [1.807, 2.05) is 12.1 Å². The zero-order valence-corrected chi connectivity index (χ0v) is 15.7. The molecular formula is C23H28N2O2. The molecule has 2 aliphatic rings. The van der Waals surface area contributed by atoms with Crippen LogP contribution in [0.1, 0.15) is 46.7 Å². The molecule has 0 aromatic heterocycles. The summed E-state index contributed by atoms with van der Waals surface area (Å²) in [5, 5.41) is 12.9. The zero-order chi connectivity index (χ0) is 18.6. The first kappa shape index (κ1) is 18.2. The normalized spacial score (nSPS) is 23.3. The van der Waals surface area contributed by atoms with Crippen molar-refractivity contribution < 1.29 is 9.90 Å². The Morgan fingerprint density at radius 1 is 1.07 bits per heavy atom. The van der Waals surface area contributed by atoms with Crippen molar-refractivity contribution >= 4 is 5.97 Å². The van der Waals surface area contributed by atoms with Crippen LogP contribution in [-0.4, -0.2) is 41.7 Å². The molecule has 27 heavy (non-hydrogen) atoms. The van der Waals surface area contributed by atoms with Crippen LogP contribution in [0.2, 0.25) is 0 Å². The smallest absolute Gasteiger partial charge is 0.335 e. The minimum Gasteiger partial charge on any atom is -0.478 e. The Hall–Kier alpha value is -2.17. The third kappa shape index (κ3) is 4.76. The van der Waals surface area contributed by atoms with E-state index < -0.39 is 5.97 Å². The third-order valence-corrected chi connectivity index (χ3v) is 5.97. The van der Waals surface area contributed by atoms with Gasteiger partial charge in [0.05, 0.1) is 5.56 Å². The molecule has 2 atom stereocenters. The summed E-state index contributed by atoms with van der Waals surface area (Å²) in [6, 6.07) is 18.8. The molecule has 0 bridgehead atoms. The van der Waals surface area contributed by atoms with Gasteiger partial charge < -0.3 is 10.4 Å². The first-order chi connectivity index (χ1) is 13.2. The number of aromatic carboxylic acids is 1. The lowest BCUT2D eigenvalue weighted by atomic mass is 9.96. The fourth-order valence-electron chi connectivity index (χ4n) is 4.22. The van der Waals surface area contributed by atoms with E-state index in [0.29, 0.717) is 17.5 Å². The highest BCUT2D eigenvalue weighted by Gasteiger charge is 2.38. The number of carboxylic acid groups (broad SMARTS) is 1. The summed E-state index contributed by atoms with van der Waals surface area (Å²) in [5.74, 6) is 0.604. The van der Waals surface area contributed by atoms with Crippen molar-refractivity contribution in [3.8, 4) is 0 Å². The first-order valence-corrected chi connectivity index (χ1v) is 10.0. The second-order valence-electron chi connectivity index (χ2n) is 7.99. The predicted molar refractivity (Wildman–Crippen MR) is 107 cm³/mol. The highest BCUT2D eigenvalue weighted by atomic mass is 16.4. The lowest BCUT2D eigenvalue weighted by Crippen LogP contribution is -2.37. The quantitative estimate of drug-likeness (QED) is 0.786. The summed E-state index contributed by atoms with van der Waals surface area (Å²) in [4.78, 5) is 13.6. The van der Waals surface area contributed by atoms with Gasteiger partial charge >= 0.3 is 5.97 Å². The van der Waals surface area contributed by atoms with Crippen molar-refractivity contribution in [2.24, 2.45) is 5.92 Å². The maximum Gasteiger partial charge on any atom is 0.335 e. The predicted octanol–water partition coefficient (Wildman–Crippen LogP) is 3.74. The van der Waals surface area contributed by atoms with Crippen molar-refractivity contribution in [1.82, 2.24) is 10.2 Å². The number of likely N-dealkylation sites (tertiary alicyclic amines) is 1. The van der Waals surface area contributed by atoms with Gasteiger partial charge in [0.2, 0.25) is 0 Å². The summed E-state index contributed by atoms with van der Waals surface area (Å²) < 4.78 is 0. The molecule has 2 unspecified atom stereocenters. The number of benzene rings is 2. The maximum absolute atomic E-state index is 11.1. The van der Waals surface area contributed by atoms with E-state index in [2.05, 4.69) is 40.5 Å². The van der Waals surface area contributed by atoms with Crippen LogP contribution < -0.4 is 5.32 Å². The Morgan fingerprint density at radius 3 is 2.59 bits per heavy atom. The first-order valence-electron chi connectivity index (χ1n) is 10.0. The Kier molecular flexibility index (Phi) is 5.55. The molecule has 0 amide bonds. The van der Waals surface area contributed by atoms with Crippen molar-refractivity contribution in [1.29, 1.82) is 0 Å². The molecule has 0 spiro atoms. The van der Waals surface area contributed by atoms with Crippen LogP contribution in [-0.2, 0) is 6.54 Å². The van der Waals surface area contributed by atoms with Crippen molar-refractivity contribution in [2.45, 2.75) is 37.8 Å². The van der Waals surface area contributed by atoms with E-state index in [1.54, 1.807) is 12.1 Å². The van der Waals surface area contributed by atoms with Gasteiger partial charge in [-0.2, -0.15) is 0 Å². The summed E-state index contributed by atoms with van der Waals surface area (Å²) in [5.41, 5.74) is 2.94. The minimum atomic E-state index is -0.851. The van der Waals surface area contributed by atoms with Crippen molar-refractivity contribution in [2.75, 3.05) is 19.6 Å². The van der Waals surface area contributed by atoms with E-state index in [-0.39, 0.29) is 0 Å². The standard InChI is InChI=1S/C23H28N2O2/c26-23(27)20-8-4-5-18(13-20)16-25-11-9-17(10-12-25)15-24-22-14-21(22)19-6-2-1-3-7-19/h1-8,13,17,21-22,24H,9-12,14-16H2,(H,26,27). The van der Waals surface area contributed by atoms with E-state index in [4.69, 9.17) is 5.11 Å². The number of nitrogens with zero attached hydrogens (tertiary/aromatic N) is 1. The molecule has 2 N–H and O–H groups in total. The third-order valence-electron chi connectivity index (χ3n) is 5.97. The Balaban J connectivity index is 1.19.